The van der Waals surface area contributed by atoms with Gasteiger partial charge in [-0.3, -0.25) is 0 Å². The summed E-state index contributed by atoms with van der Waals surface area (Å²) in [6.45, 7) is 7.81. The van der Waals surface area contributed by atoms with Crippen LogP contribution in [0.4, 0.5) is 4.79 Å². The molecular formula is C19H32N2O5. The maximum Gasteiger partial charge on any atom is 0.407 e. The highest BCUT2D eigenvalue weighted by molar-refractivity contribution is 5.67. The zero-order valence-electron chi connectivity index (χ0n) is 16.2. The second-order valence-electron chi connectivity index (χ2n) is 8.04. The van der Waals surface area contributed by atoms with Crippen molar-refractivity contribution in [3.05, 3.63) is 11.6 Å². The number of epoxide rings is 2. The van der Waals surface area contributed by atoms with Gasteiger partial charge in [0.2, 0.25) is 0 Å². The van der Waals surface area contributed by atoms with Gasteiger partial charge in [-0.05, 0) is 40.0 Å². The summed E-state index contributed by atoms with van der Waals surface area (Å²) in [5.74, 6) is 0.0385. The Kier molecular flexibility index (Phi) is 5.63. The largest absolute Gasteiger partial charge is 0.443 e. The standard InChI is InChI=1S/C19H32N2O5/c1-12(2)5-6-14-18(3,26-14)16-15(23-4)13(7-8-19(16)11-24-19)25-17(22)21-10-9-20/h5,13-16H,6-11,20H2,1-4H3,(H,21,22)/t13?,14-,15?,16?,18?,19+/m1/s1. The zero-order valence-corrected chi connectivity index (χ0v) is 16.2. The van der Waals surface area contributed by atoms with Crippen LogP contribution in [0.1, 0.15) is 40.0 Å². The van der Waals surface area contributed by atoms with E-state index >= 15 is 0 Å². The molecule has 2 heterocycles. The lowest BCUT2D eigenvalue weighted by atomic mass is 9.68. The van der Waals surface area contributed by atoms with Gasteiger partial charge in [0.1, 0.15) is 23.4 Å². The Bertz CT molecular complexity index is 558. The minimum absolute atomic E-state index is 0.0385. The lowest BCUT2D eigenvalue weighted by Crippen LogP contribution is -2.56. The molecule has 4 unspecified atom stereocenters. The van der Waals surface area contributed by atoms with Gasteiger partial charge in [0.25, 0.3) is 0 Å². The van der Waals surface area contributed by atoms with Crippen LogP contribution in [0.25, 0.3) is 0 Å². The Balaban J connectivity index is 1.72. The first-order chi connectivity index (χ1) is 12.4. The average Bonchev–Trinajstić information content (AvgIpc) is 3.50. The molecule has 7 heteroatoms. The first-order valence-electron chi connectivity index (χ1n) is 9.49. The summed E-state index contributed by atoms with van der Waals surface area (Å²) in [6.07, 6.45) is 3.78. The van der Waals surface area contributed by atoms with Gasteiger partial charge in [0, 0.05) is 20.2 Å². The molecule has 0 aromatic rings. The van der Waals surface area contributed by atoms with Crippen molar-refractivity contribution < 1.29 is 23.7 Å². The SMILES string of the molecule is COC1C(OC(=O)NCCN)CC[C@]2(CO2)C1C1(C)O[C@@H]1CC=C(C)C. The fraction of sp³-hybridized carbons (Fsp3) is 0.842. The molecule has 3 aliphatic rings. The number of amides is 1. The molecule has 3 rings (SSSR count). The van der Waals surface area contributed by atoms with Crippen molar-refractivity contribution in [2.75, 3.05) is 26.8 Å². The third-order valence-corrected chi connectivity index (χ3v) is 5.91. The summed E-state index contributed by atoms with van der Waals surface area (Å²) >= 11 is 0. The number of methoxy groups -OCH3 is 1. The molecule has 3 fully saturated rings. The van der Waals surface area contributed by atoms with E-state index in [1.54, 1.807) is 7.11 Å². The average molecular weight is 368 g/mol. The highest BCUT2D eigenvalue weighted by Gasteiger charge is 2.72. The van der Waals surface area contributed by atoms with Gasteiger partial charge >= 0.3 is 6.09 Å². The summed E-state index contributed by atoms with van der Waals surface area (Å²) in [7, 11) is 1.67. The van der Waals surface area contributed by atoms with Crippen molar-refractivity contribution in [3.63, 3.8) is 0 Å². The lowest BCUT2D eigenvalue weighted by molar-refractivity contribution is -0.118. The van der Waals surface area contributed by atoms with Gasteiger partial charge in [-0.15, -0.1) is 0 Å². The van der Waals surface area contributed by atoms with E-state index in [4.69, 9.17) is 24.7 Å². The molecule has 1 amide bonds. The van der Waals surface area contributed by atoms with Gasteiger partial charge in [-0.25, -0.2) is 4.79 Å². The van der Waals surface area contributed by atoms with Crippen LogP contribution >= 0.6 is 0 Å². The Labute approximate surface area is 155 Å². The number of carbonyl (C=O) groups is 1. The molecule has 26 heavy (non-hydrogen) atoms. The smallest absolute Gasteiger partial charge is 0.407 e. The van der Waals surface area contributed by atoms with Crippen molar-refractivity contribution in [2.45, 2.75) is 69.5 Å². The van der Waals surface area contributed by atoms with Gasteiger partial charge in [0.15, 0.2) is 0 Å². The molecular weight excluding hydrogens is 336 g/mol. The maximum absolute atomic E-state index is 12.0. The Morgan fingerprint density at radius 1 is 1.42 bits per heavy atom. The van der Waals surface area contributed by atoms with Crippen molar-refractivity contribution >= 4 is 6.09 Å². The van der Waals surface area contributed by atoms with Crippen LogP contribution in [0.5, 0.6) is 0 Å². The Hall–Kier alpha value is -1.15. The van der Waals surface area contributed by atoms with Crippen LogP contribution in [0, 0.1) is 5.92 Å². The van der Waals surface area contributed by atoms with Crippen LogP contribution in [-0.2, 0) is 18.9 Å². The quantitative estimate of drug-likeness (QED) is 0.525. The number of ether oxygens (including phenoxy) is 4. The molecule has 0 bridgehead atoms. The van der Waals surface area contributed by atoms with Gasteiger partial charge in [0.05, 0.1) is 18.6 Å². The monoisotopic (exact) mass is 368 g/mol. The predicted octanol–water partition coefficient (Wildman–Crippen LogP) is 1.75. The number of alkyl carbamates (subject to hydrolysis) is 1. The van der Waals surface area contributed by atoms with Gasteiger partial charge < -0.3 is 30.0 Å². The molecule has 0 aromatic carbocycles. The van der Waals surface area contributed by atoms with E-state index in [0.717, 1.165) is 25.9 Å². The molecule has 148 valence electrons. The van der Waals surface area contributed by atoms with Crippen molar-refractivity contribution in [1.29, 1.82) is 0 Å². The minimum atomic E-state index is -0.447. The molecule has 0 radical (unpaired) electrons. The Morgan fingerprint density at radius 2 is 2.15 bits per heavy atom. The third-order valence-electron chi connectivity index (χ3n) is 5.91. The minimum Gasteiger partial charge on any atom is -0.443 e. The topological polar surface area (TPSA) is 98.6 Å². The van der Waals surface area contributed by atoms with Crippen LogP contribution in [-0.4, -0.2) is 62.4 Å². The molecule has 1 saturated carbocycles. The fourth-order valence-electron chi connectivity index (χ4n) is 4.42. The molecule has 6 atom stereocenters. The predicted molar refractivity (Wildman–Crippen MR) is 96.9 cm³/mol. The van der Waals surface area contributed by atoms with E-state index in [9.17, 15) is 4.79 Å². The second-order valence-corrected chi connectivity index (χ2v) is 8.04. The summed E-state index contributed by atoms with van der Waals surface area (Å²) < 4.78 is 23.5. The molecule has 1 aliphatic carbocycles. The number of nitrogens with two attached hydrogens (primary N) is 1. The van der Waals surface area contributed by atoms with Crippen LogP contribution < -0.4 is 11.1 Å². The van der Waals surface area contributed by atoms with Crippen molar-refractivity contribution in [3.8, 4) is 0 Å². The molecule has 3 N–H and O–H groups in total. The number of allylic oxidation sites excluding steroid dienone is 1. The van der Waals surface area contributed by atoms with Crippen LogP contribution in [0.3, 0.4) is 0 Å². The molecule has 1 spiro atoms. The summed E-state index contributed by atoms with van der Waals surface area (Å²) in [4.78, 5) is 12.0. The number of hydrogen-bond acceptors (Lipinski definition) is 6. The molecule has 2 saturated heterocycles. The second kappa shape index (κ2) is 7.46. The number of rotatable bonds is 7. The summed E-state index contributed by atoms with van der Waals surface area (Å²) in [5, 5.41) is 2.66. The van der Waals surface area contributed by atoms with E-state index in [0.29, 0.717) is 13.1 Å². The van der Waals surface area contributed by atoms with Gasteiger partial charge in [-0.1, -0.05) is 11.6 Å². The number of nitrogens with one attached hydrogen (secondary N) is 1. The molecule has 2 aliphatic heterocycles. The summed E-state index contributed by atoms with van der Waals surface area (Å²) in [5.41, 5.74) is 6.18. The van der Waals surface area contributed by atoms with Crippen molar-refractivity contribution in [2.24, 2.45) is 11.7 Å². The number of carbonyl (C=O) groups excluding carboxylic acids is 1. The number of hydrogen-bond donors (Lipinski definition) is 2. The van der Waals surface area contributed by atoms with E-state index in [-0.39, 0.29) is 35.4 Å². The van der Waals surface area contributed by atoms with E-state index in [2.05, 4.69) is 32.2 Å². The summed E-state index contributed by atoms with van der Waals surface area (Å²) in [6, 6.07) is 0. The zero-order chi connectivity index (χ0) is 18.9. The highest BCUT2D eigenvalue weighted by atomic mass is 16.6. The highest BCUT2D eigenvalue weighted by Crippen LogP contribution is 2.59. The van der Waals surface area contributed by atoms with Gasteiger partial charge in [-0.2, -0.15) is 0 Å². The van der Waals surface area contributed by atoms with Crippen LogP contribution in [0.2, 0.25) is 0 Å². The van der Waals surface area contributed by atoms with E-state index in [1.165, 1.54) is 5.57 Å². The fourth-order valence-corrected chi connectivity index (χ4v) is 4.42. The van der Waals surface area contributed by atoms with E-state index in [1.807, 2.05) is 0 Å². The van der Waals surface area contributed by atoms with E-state index < -0.39 is 6.09 Å². The lowest BCUT2D eigenvalue weighted by Gasteiger charge is -2.42. The van der Waals surface area contributed by atoms with Crippen LogP contribution in [0.15, 0.2) is 11.6 Å². The first-order valence-corrected chi connectivity index (χ1v) is 9.49. The first kappa shape index (κ1) is 19.6. The van der Waals surface area contributed by atoms with Crippen molar-refractivity contribution in [1.82, 2.24) is 5.32 Å². The molecule has 0 aromatic heterocycles. The molecule has 7 nitrogen and oxygen atoms in total. The normalized spacial score (nSPS) is 40.8. The third kappa shape index (κ3) is 3.76. The Morgan fingerprint density at radius 3 is 2.73 bits per heavy atom. The maximum atomic E-state index is 12.0.